The van der Waals surface area contributed by atoms with E-state index in [-0.39, 0.29) is 0 Å². The number of aromatic nitrogens is 5. The lowest BCUT2D eigenvalue weighted by Gasteiger charge is -2.41. The summed E-state index contributed by atoms with van der Waals surface area (Å²) in [5, 5.41) is 7.96. The monoisotopic (exact) mass is 568 g/mol. The fraction of sp³-hybridized carbons (Fsp3) is 0.406. The summed E-state index contributed by atoms with van der Waals surface area (Å²) in [7, 11) is 0. The van der Waals surface area contributed by atoms with Gasteiger partial charge in [-0.05, 0) is 75.1 Å². The zero-order chi connectivity index (χ0) is 27.9. The third kappa shape index (κ3) is 4.98. The van der Waals surface area contributed by atoms with Gasteiger partial charge in [-0.25, -0.2) is 14.6 Å². The van der Waals surface area contributed by atoms with Crippen LogP contribution in [0.25, 0.3) is 33.2 Å². The Balaban J connectivity index is 1.16. The third-order valence-corrected chi connectivity index (χ3v) is 9.60. The normalized spacial score (nSPS) is 18.1. The van der Waals surface area contributed by atoms with Crippen LogP contribution in [0.4, 0.5) is 5.82 Å². The quantitative estimate of drug-likeness (QED) is 0.277. The van der Waals surface area contributed by atoms with E-state index in [1.165, 1.54) is 25.9 Å². The summed E-state index contributed by atoms with van der Waals surface area (Å²) in [5.74, 6) is 0.479. The summed E-state index contributed by atoms with van der Waals surface area (Å²) in [5.41, 5.74) is 11.4. The molecule has 41 heavy (non-hydrogen) atoms. The van der Waals surface area contributed by atoms with Crippen LogP contribution in [-0.4, -0.2) is 72.9 Å². The smallest absolute Gasteiger partial charge is 0.164 e. The maximum atomic E-state index is 6.46. The molecule has 0 amide bonds. The first-order chi connectivity index (χ1) is 20.1. The van der Waals surface area contributed by atoms with Crippen molar-refractivity contribution in [2.45, 2.75) is 51.2 Å². The SMILES string of the molecule is CCN1CCC(N2CCC(n3nc(-c4ccc5c(ccn5Cc5ccccc5Cl)c4)c4c(N)ncnc43)CC2)CC1. The molecular weight excluding hydrogens is 532 g/mol. The van der Waals surface area contributed by atoms with E-state index < -0.39 is 0 Å². The number of benzene rings is 2. The first kappa shape index (κ1) is 26.4. The molecule has 0 unspecified atom stereocenters. The number of anilines is 1. The van der Waals surface area contributed by atoms with Crippen LogP contribution in [0.2, 0.25) is 5.02 Å². The van der Waals surface area contributed by atoms with Crippen LogP contribution in [0.5, 0.6) is 0 Å². The van der Waals surface area contributed by atoms with Crippen LogP contribution in [0.15, 0.2) is 61.1 Å². The zero-order valence-corrected chi connectivity index (χ0v) is 24.3. The fourth-order valence-electron chi connectivity index (χ4n) is 6.84. The second kappa shape index (κ2) is 11.1. The van der Waals surface area contributed by atoms with Crippen LogP contribution >= 0.6 is 11.6 Å². The molecule has 2 aromatic carbocycles. The molecule has 2 N–H and O–H groups in total. The Labute approximate surface area is 245 Å². The molecule has 2 aliphatic rings. The summed E-state index contributed by atoms with van der Waals surface area (Å²) >= 11 is 6.44. The predicted octanol–water partition coefficient (Wildman–Crippen LogP) is 5.85. The summed E-state index contributed by atoms with van der Waals surface area (Å²) < 4.78 is 4.36. The molecular formula is C32H37ClN8. The highest BCUT2D eigenvalue weighted by molar-refractivity contribution is 6.31. The first-order valence-corrected chi connectivity index (χ1v) is 15.2. The molecule has 0 spiro atoms. The van der Waals surface area contributed by atoms with Gasteiger partial charge in [0.05, 0.1) is 11.4 Å². The van der Waals surface area contributed by atoms with Crippen molar-refractivity contribution in [2.24, 2.45) is 0 Å². The fourth-order valence-corrected chi connectivity index (χ4v) is 7.04. The summed E-state index contributed by atoms with van der Waals surface area (Å²) in [4.78, 5) is 14.3. The molecule has 0 bridgehead atoms. The number of piperidine rings is 2. The lowest BCUT2D eigenvalue weighted by molar-refractivity contribution is 0.0798. The Morgan fingerprint density at radius 2 is 1.71 bits per heavy atom. The molecule has 3 aromatic heterocycles. The molecule has 9 heteroatoms. The molecule has 0 radical (unpaired) electrons. The van der Waals surface area contributed by atoms with Gasteiger partial charge in [-0.2, -0.15) is 5.10 Å². The molecule has 7 rings (SSSR count). The lowest BCUT2D eigenvalue weighted by atomic mass is 9.98. The largest absolute Gasteiger partial charge is 0.383 e. The Hall–Kier alpha value is -3.46. The minimum atomic E-state index is 0.299. The van der Waals surface area contributed by atoms with Crippen molar-refractivity contribution < 1.29 is 0 Å². The van der Waals surface area contributed by atoms with Crippen LogP contribution < -0.4 is 5.73 Å². The molecule has 2 fully saturated rings. The van der Waals surface area contributed by atoms with Crippen molar-refractivity contribution in [2.75, 3.05) is 38.5 Å². The van der Waals surface area contributed by atoms with Crippen molar-refractivity contribution in [1.29, 1.82) is 0 Å². The van der Waals surface area contributed by atoms with E-state index in [0.29, 0.717) is 17.9 Å². The summed E-state index contributed by atoms with van der Waals surface area (Å²) in [6.45, 7) is 8.79. The number of rotatable bonds is 6. The molecule has 5 heterocycles. The van der Waals surface area contributed by atoms with E-state index in [2.05, 4.69) is 72.5 Å². The third-order valence-electron chi connectivity index (χ3n) is 9.23. The van der Waals surface area contributed by atoms with Crippen LogP contribution in [0.1, 0.15) is 44.2 Å². The van der Waals surface area contributed by atoms with Gasteiger partial charge in [0.25, 0.3) is 0 Å². The van der Waals surface area contributed by atoms with Crippen LogP contribution in [-0.2, 0) is 6.54 Å². The Morgan fingerprint density at radius 1 is 0.927 bits per heavy atom. The summed E-state index contributed by atoms with van der Waals surface area (Å²) in [6.07, 6.45) is 8.37. The van der Waals surface area contributed by atoms with Crippen LogP contribution in [0, 0.1) is 0 Å². The van der Waals surface area contributed by atoms with Gasteiger partial charge in [0.15, 0.2) is 5.65 Å². The van der Waals surface area contributed by atoms with Gasteiger partial charge in [0, 0.05) is 53.4 Å². The maximum absolute atomic E-state index is 6.46. The van der Waals surface area contributed by atoms with Gasteiger partial charge >= 0.3 is 0 Å². The van der Waals surface area contributed by atoms with E-state index in [1.54, 1.807) is 6.33 Å². The van der Waals surface area contributed by atoms with Crippen molar-refractivity contribution >= 4 is 39.4 Å². The summed E-state index contributed by atoms with van der Waals surface area (Å²) in [6, 6.07) is 17.6. The van der Waals surface area contributed by atoms with E-state index in [9.17, 15) is 0 Å². The van der Waals surface area contributed by atoms with Gasteiger partial charge in [-0.1, -0.05) is 42.8 Å². The van der Waals surface area contributed by atoms with E-state index in [1.807, 2.05) is 18.2 Å². The average Bonchev–Trinajstić information content (AvgIpc) is 3.60. The molecule has 212 valence electrons. The number of likely N-dealkylation sites (tertiary alicyclic amines) is 2. The number of halogens is 1. The molecule has 2 aliphatic heterocycles. The van der Waals surface area contributed by atoms with Gasteiger partial charge in [-0.3, -0.25) is 0 Å². The molecule has 0 aliphatic carbocycles. The van der Waals surface area contributed by atoms with Gasteiger partial charge in [0.1, 0.15) is 17.8 Å². The molecule has 8 nitrogen and oxygen atoms in total. The van der Waals surface area contributed by atoms with Crippen molar-refractivity contribution in [3.63, 3.8) is 0 Å². The predicted molar refractivity (Wildman–Crippen MR) is 166 cm³/mol. The Morgan fingerprint density at radius 3 is 2.49 bits per heavy atom. The topological polar surface area (TPSA) is 81.0 Å². The highest BCUT2D eigenvalue weighted by atomic mass is 35.5. The minimum Gasteiger partial charge on any atom is -0.383 e. The van der Waals surface area contributed by atoms with Gasteiger partial charge in [0.2, 0.25) is 0 Å². The van der Waals surface area contributed by atoms with Crippen molar-refractivity contribution in [3.05, 3.63) is 71.6 Å². The second-order valence-corrected chi connectivity index (χ2v) is 11.9. The number of nitrogens with zero attached hydrogens (tertiary/aromatic N) is 7. The van der Waals surface area contributed by atoms with E-state index in [0.717, 1.165) is 82.8 Å². The molecule has 0 atom stereocenters. The molecule has 5 aromatic rings. The van der Waals surface area contributed by atoms with Crippen molar-refractivity contribution in [3.8, 4) is 11.3 Å². The van der Waals surface area contributed by atoms with E-state index >= 15 is 0 Å². The highest BCUT2D eigenvalue weighted by Crippen LogP contribution is 2.36. The highest BCUT2D eigenvalue weighted by Gasteiger charge is 2.30. The minimum absolute atomic E-state index is 0.299. The zero-order valence-electron chi connectivity index (χ0n) is 23.6. The maximum Gasteiger partial charge on any atom is 0.164 e. The van der Waals surface area contributed by atoms with Gasteiger partial charge < -0.3 is 20.1 Å². The van der Waals surface area contributed by atoms with Crippen LogP contribution in [0.3, 0.4) is 0 Å². The van der Waals surface area contributed by atoms with E-state index in [4.69, 9.17) is 22.4 Å². The number of fused-ring (bicyclic) bond motifs is 2. The number of nitrogen functional groups attached to an aromatic ring is 1. The number of hydrogen-bond acceptors (Lipinski definition) is 6. The Kier molecular flexibility index (Phi) is 7.15. The average molecular weight is 569 g/mol. The second-order valence-electron chi connectivity index (χ2n) is 11.5. The first-order valence-electron chi connectivity index (χ1n) is 14.9. The molecule has 0 saturated carbocycles. The Bertz CT molecular complexity index is 1670. The number of nitrogens with two attached hydrogens (primary N) is 1. The van der Waals surface area contributed by atoms with Crippen molar-refractivity contribution in [1.82, 2.24) is 34.1 Å². The lowest BCUT2D eigenvalue weighted by Crippen LogP contribution is -2.47. The number of hydrogen-bond donors (Lipinski definition) is 1. The van der Waals surface area contributed by atoms with Gasteiger partial charge in [-0.15, -0.1) is 0 Å². The standard InChI is InChI=1S/C32H37ClN8/c1-2-38-14-10-25(11-15-38)39-17-12-26(13-18-39)41-32-29(31(34)35-21-36-32)30(37-41)23-7-8-28-22(19-23)9-16-40(28)20-24-5-3-4-6-27(24)33/h3-9,16,19,21,25-26H,2,10-15,17-18,20H2,1H3,(H2,34,35,36). The molecule has 2 saturated heterocycles.